The molecule has 20 nitrogen and oxygen atoms in total. The normalized spacial score (nSPS) is 16.9. The van der Waals surface area contributed by atoms with E-state index in [-0.39, 0.29) is 70.1 Å². The number of anilines is 2. The van der Waals surface area contributed by atoms with Crippen LogP contribution in [0.2, 0.25) is 0 Å². The molecule has 392 valence electrons. The molecule has 2 aliphatic heterocycles. The van der Waals surface area contributed by atoms with Gasteiger partial charge in [-0.05, 0) is 75.7 Å². The quantitative estimate of drug-likeness (QED) is 0.0913. The van der Waals surface area contributed by atoms with Crippen molar-refractivity contribution in [2.75, 3.05) is 37.5 Å². The van der Waals surface area contributed by atoms with Gasteiger partial charge in [0.1, 0.15) is 36.9 Å². The zero-order valence-electron chi connectivity index (χ0n) is 39.8. The number of nitrogens with two attached hydrogens (primary N) is 1. The number of hydrogen-bond donors (Lipinski definition) is 2. The Bertz CT molecular complexity index is 3340. The highest BCUT2D eigenvalue weighted by Crippen LogP contribution is 2.38. The van der Waals surface area contributed by atoms with E-state index in [0.29, 0.717) is 37.2 Å². The van der Waals surface area contributed by atoms with Gasteiger partial charge < -0.3 is 39.5 Å². The lowest BCUT2D eigenvalue weighted by Crippen LogP contribution is -2.25. The molecule has 0 saturated carbocycles. The third-order valence-electron chi connectivity index (χ3n) is 10.6. The number of fused-ring (bicyclic) bond motifs is 2. The van der Waals surface area contributed by atoms with Crippen molar-refractivity contribution >= 4 is 45.7 Å². The van der Waals surface area contributed by atoms with E-state index in [1.165, 1.54) is 102 Å². The number of carbonyl (C=O) groups excluding carboxylic acids is 2. The third-order valence-corrected chi connectivity index (χ3v) is 10.8. The summed E-state index contributed by atoms with van der Waals surface area (Å²) in [6, 6.07) is 15.9. The van der Waals surface area contributed by atoms with Crippen LogP contribution in [0, 0.1) is 0 Å². The van der Waals surface area contributed by atoms with Crippen molar-refractivity contribution in [1.29, 1.82) is 0 Å². The maximum Gasteiger partial charge on any atom is 0.417 e. The first-order chi connectivity index (χ1) is 35.5. The van der Waals surface area contributed by atoms with Crippen LogP contribution in [0.3, 0.4) is 0 Å². The number of carbonyl (C=O) groups is 2. The molecule has 27 heteroatoms. The van der Waals surface area contributed by atoms with Crippen molar-refractivity contribution in [3.63, 3.8) is 0 Å². The lowest BCUT2D eigenvalue weighted by Gasteiger charge is -2.17. The van der Waals surface area contributed by atoms with E-state index >= 15 is 0 Å². The summed E-state index contributed by atoms with van der Waals surface area (Å²) in [5.41, 5.74) is 4.31. The third kappa shape index (κ3) is 13.4. The van der Waals surface area contributed by atoms with Crippen LogP contribution in [-0.2, 0) is 31.3 Å². The first-order valence-corrected chi connectivity index (χ1v) is 22.7. The maximum absolute atomic E-state index is 13.5. The Labute approximate surface area is 426 Å². The number of benzene rings is 2. The Balaban J connectivity index is 0.000000166. The van der Waals surface area contributed by atoms with E-state index in [1.54, 1.807) is 13.8 Å². The van der Waals surface area contributed by atoms with Crippen LogP contribution in [0.5, 0.6) is 11.8 Å². The number of nitrogens with zero attached hydrogens (tertiary/aromatic N) is 10. The second-order valence-electron chi connectivity index (χ2n) is 17.1. The summed E-state index contributed by atoms with van der Waals surface area (Å²) in [5.74, 6) is -0.869. The zero-order chi connectivity index (χ0) is 53.7. The fourth-order valence-corrected chi connectivity index (χ4v) is 7.50. The molecule has 8 heterocycles. The van der Waals surface area contributed by atoms with Crippen molar-refractivity contribution < 1.29 is 64.4 Å². The molecule has 0 radical (unpaired) electrons. The molecule has 2 fully saturated rings. The summed E-state index contributed by atoms with van der Waals surface area (Å²) in [5, 5.41) is 10.1. The van der Waals surface area contributed by atoms with E-state index in [2.05, 4.69) is 45.4 Å². The van der Waals surface area contributed by atoms with Crippen LogP contribution < -0.4 is 20.5 Å². The predicted molar refractivity (Wildman–Crippen MR) is 254 cm³/mol. The molecule has 75 heavy (non-hydrogen) atoms. The lowest BCUT2D eigenvalue weighted by molar-refractivity contribution is -0.142. The number of aromatic nitrogens is 10. The number of hydrogen-bond acceptors (Lipinski definition) is 17. The first kappa shape index (κ1) is 53.4. The number of nitrogens with one attached hydrogen (secondary N) is 1. The van der Waals surface area contributed by atoms with Gasteiger partial charge in [-0.3, -0.25) is 19.6 Å². The van der Waals surface area contributed by atoms with Gasteiger partial charge in [-0.2, -0.15) is 46.5 Å². The van der Waals surface area contributed by atoms with Gasteiger partial charge >= 0.3 is 12.4 Å². The van der Waals surface area contributed by atoms with Gasteiger partial charge in [0, 0.05) is 11.1 Å². The molecule has 2 aliphatic rings. The monoisotopic (exact) mass is 1060 g/mol. The molecular formula is C48H43ClF6N12O8. The van der Waals surface area contributed by atoms with Gasteiger partial charge in [0.05, 0.1) is 72.9 Å². The van der Waals surface area contributed by atoms with E-state index in [9.17, 15) is 35.9 Å². The lowest BCUT2D eigenvalue weighted by atomic mass is 10.0. The summed E-state index contributed by atoms with van der Waals surface area (Å²) in [6.45, 7) is 8.78. The number of halogens is 7. The molecule has 1 amide bonds. The molecule has 8 aromatic rings. The molecule has 2 atom stereocenters. The van der Waals surface area contributed by atoms with Gasteiger partial charge in [-0.1, -0.05) is 36.4 Å². The zero-order valence-corrected chi connectivity index (χ0v) is 40.6. The summed E-state index contributed by atoms with van der Waals surface area (Å²) < 4.78 is 115. The molecule has 6 aromatic heterocycles. The van der Waals surface area contributed by atoms with Crippen molar-refractivity contribution in [1.82, 2.24) is 49.1 Å². The topological polar surface area (TPSA) is 240 Å². The average molecular weight is 1070 g/mol. The summed E-state index contributed by atoms with van der Waals surface area (Å²) >= 11 is 5.41. The second-order valence-corrected chi connectivity index (χ2v) is 17.5. The van der Waals surface area contributed by atoms with Crippen molar-refractivity contribution in [3.8, 4) is 34.3 Å². The number of nitrogen functional groups attached to an aromatic ring is 1. The van der Waals surface area contributed by atoms with Crippen LogP contribution >= 0.6 is 11.6 Å². The average Bonchev–Trinajstić information content (AvgIpc) is 4.17. The van der Waals surface area contributed by atoms with Crippen LogP contribution in [0.15, 0.2) is 110 Å². The fraction of sp³-hybridized carbons (Fsp3) is 0.292. The van der Waals surface area contributed by atoms with Gasteiger partial charge in [-0.25, -0.2) is 19.0 Å². The van der Waals surface area contributed by atoms with E-state index < -0.39 is 46.2 Å². The second kappa shape index (κ2) is 21.9. The first-order valence-electron chi connectivity index (χ1n) is 22.3. The Morgan fingerprint density at radius 1 is 0.667 bits per heavy atom. The molecule has 2 saturated heterocycles. The minimum atomic E-state index is -4.57. The van der Waals surface area contributed by atoms with Crippen LogP contribution in [0.1, 0.15) is 59.8 Å². The standard InChI is InChI=1S/C24H21F3N6O4.C14H7ClF3N3O.C10H15N3O3/c1-23(2)36-13-14(37-23)12-35-21-11-28-10-19(30-21)31-22(34)18-9-29-20-8-7-17(32-33(18)20)15-5-3-4-6-16(15)24(25,26)27;15-13(22)11-7-19-12-6-5-10(20-21(11)12)8-3-1-2-4-9(8)14(16,17)18;1-10(2)15-6-7(16-10)5-14-9-4-12-3-8(11)13-9/h3-11,14H,12-13H2,1-2H3,(H,30,31,34);1-7H;3-4,7H,5-6H2,1-2H3,(H2,11,13)/t14-;;7-/m1.1/s1. The maximum atomic E-state index is 13.5. The van der Waals surface area contributed by atoms with Crippen molar-refractivity contribution in [2.24, 2.45) is 0 Å². The fourth-order valence-electron chi connectivity index (χ4n) is 7.37. The summed E-state index contributed by atoms with van der Waals surface area (Å²) in [7, 11) is 0. The van der Waals surface area contributed by atoms with Gasteiger partial charge in [0.15, 0.2) is 34.4 Å². The molecule has 0 aliphatic carbocycles. The number of alkyl halides is 6. The Hall–Kier alpha value is -7.91. The molecule has 2 aromatic carbocycles. The molecule has 3 N–H and O–H groups in total. The molecule has 10 rings (SSSR count). The summed E-state index contributed by atoms with van der Waals surface area (Å²) in [4.78, 5) is 48.4. The molecule has 0 bridgehead atoms. The van der Waals surface area contributed by atoms with Crippen molar-refractivity contribution in [2.45, 2.75) is 63.8 Å². The van der Waals surface area contributed by atoms with Gasteiger partial charge in [0.2, 0.25) is 11.8 Å². The number of imidazole rings is 2. The van der Waals surface area contributed by atoms with E-state index in [1.807, 2.05) is 13.8 Å². The minimum Gasteiger partial charge on any atom is -0.474 e. The SMILES string of the molecule is CC1(C)OC[C@@H](COc2cncc(N)n2)O1.CC1(C)OC[C@@H](COc2cncc(NC(=O)c3cnc4ccc(-c5ccccc5C(F)(F)F)nn34)n2)O1.O=C(Cl)c1cnc2ccc(-c3ccccc3C(F)(F)F)nn12. The predicted octanol–water partition coefficient (Wildman–Crippen LogP) is 8.37. The van der Waals surface area contributed by atoms with Crippen LogP contribution in [-0.4, -0.2) is 110 Å². The minimum absolute atomic E-state index is 0.00630. The highest BCUT2D eigenvalue weighted by Gasteiger charge is 2.36. The largest absolute Gasteiger partial charge is 0.474 e. The molecule has 0 spiro atoms. The van der Waals surface area contributed by atoms with E-state index in [0.717, 1.165) is 16.6 Å². The Kier molecular flexibility index (Phi) is 15.6. The van der Waals surface area contributed by atoms with Crippen LogP contribution in [0.25, 0.3) is 33.8 Å². The Morgan fingerprint density at radius 3 is 1.60 bits per heavy atom. The molecule has 0 unspecified atom stereocenters. The Morgan fingerprint density at radius 2 is 1.13 bits per heavy atom. The van der Waals surface area contributed by atoms with Crippen molar-refractivity contribution in [3.05, 3.63) is 132 Å². The van der Waals surface area contributed by atoms with E-state index in [4.69, 9.17) is 45.8 Å². The smallest absolute Gasteiger partial charge is 0.417 e. The number of ether oxygens (including phenoxy) is 6. The molecular weight excluding hydrogens is 1020 g/mol. The summed E-state index contributed by atoms with van der Waals surface area (Å²) in [6.07, 6.45) is -1.27. The number of rotatable bonds is 11. The highest BCUT2D eigenvalue weighted by atomic mass is 35.5. The van der Waals surface area contributed by atoms with Gasteiger partial charge in [-0.15, -0.1) is 0 Å². The van der Waals surface area contributed by atoms with Gasteiger partial charge in [0.25, 0.3) is 11.1 Å². The highest BCUT2D eigenvalue weighted by molar-refractivity contribution is 6.67. The van der Waals surface area contributed by atoms with Crippen LogP contribution in [0.4, 0.5) is 38.0 Å². The number of amides is 1.